The van der Waals surface area contributed by atoms with Crippen LogP contribution in [-0.2, 0) is 15.9 Å². The highest BCUT2D eigenvalue weighted by Crippen LogP contribution is 2.89. The molecule has 1 unspecified atom stereocenters. The van der Waals surface area contributed by atoms with Crippen LogP contribution < -0.4 is 0 Å². The zero-order chi connectivity index (χ0) is 20.8. The van der Waals surface area contributed by atoms with Crippen LogP contribution in [0.5, 0.6) is 0 Å². The maximum absolute atomic E-state index is 7.03. The molecule has 0 amide bonds. The average molecular weight is 476 g/mol. The lowest BCUT2D eigenvalue weighted by Crippen LogP contribution is -2.35. The van der Waals surface area contributed by atoms with E-state index in [9.17, 15) is 0 Å². The second kappa shape index (κ2) is 6.18. The van der Waals surface area contributed by atoms with Crippen LogP contribution in [0.15, 0.2) is 91.0 Å². The van der Waals surface area contributed by atoms with Crippen LogP contribution in [0.1, 0.15) is 22.6 Å². The molecule has 6 rings (SSSR count). The number of fused-ring (bicyclic) bond motifs is 2. The van der Waals surface area contributed by atoms with Crippen LogP contribution in [0, 0.1) is 11.8 Å². The molecule has 2 saturated carbocycles. The number of ether oxygens (including phenoxy) is 1. The molecule has 5 atom stereocenters. The molecule has 1 nitrogen and oxygen atoms in total. The van der Waals surface area contributed by atoms with Crippen molar-refractivity contribution < 1.29 is 4.74 Å². The van der Waals surface area contributed by atoms with Gasteiger partial charge in [-0.1, -0.05) is 137 Å². The van der Waals surface area contributed by atoms with Crippen molar-refractivity contribution in [3.63, 3.8) is 0 Å². The minimum absolute atomic E-state index is 0.0506. The van der Waals surface area contributed by atoms with Crippen LogP contribution in [0.25, 0.3) is 0 Å². The highest BCUT2D eigenvalue weighted by atomic mass is 35.5. The molecule has 0 spiro atoms. The zero-order valence-electron chi connectivity index (χ0n) is 15.8. The standard InChI is InChI=1S/C25H18Cl4O/c26-24(27)20-19(16-10-4-1-5-11-16)21-23(25(21,28)29,18-14-8-3-9-15-18)30-22(20,24)17-12-6-2-7-13-17/h1-15,19-21H/t19?,20-,21+,22-,23+. The third-order valence-electron chi connectivity index (χ3n) is 7.11. The van der Waals surface area contributed by atoms with E-state index in [0.717, 1.165) is 16.7 Å². The van der Waals surface area contributed by atoms with E-state index < -0.39 is 19.9 Å². The summed E-state index contributed by atoms with van der Waals surface area (Å²) in [5.74, 6) is -0.385. The van der Waals surface area contributed by atoms with Gasteiger partial charge in [0.25, 0.3) is 0 Å². The molecule has 1 saturated heterocycles. The van der Waals surface area contributed by atoms with Gasteiger partial charge >= 0.3 is 0 Å². The van der Waals surface area contributed by atoms with Crippen molar-refractivity contribution in [1.82, 2.24) is 0 Å². The lowest BCUT2D eigenvalue weighted by Gasteiger charge is -2.34. The highest BCUT2D eigenvalue weighted by molar-refractivity contribution is 6.54. The van der Waals surface area contributed by atoms with Crippen molar-refractivity contribution in [2.45, 2.75) is 25.8 Å². The second-order valence-corrected chi connectivity index (χ2v) is 11.2. The number of rotatable bonds is 3. The number of halogens is 4. The fourth-order valence-electron chi connectivity index (χ4n) is 5.77. The molecule has 0 radical (unpaired) electrons. The lowest BCUT2D eigenvalue weighted by molar-refractivity contribution is -0.100. The Bertz CT molecular complexity index is 1030. The normalized spacial score (nSPS) is 37.0. The Morgan fingerprint density at radius 2 is 0.900 bits per heavy atom. The molecular formula is C25H18Cl4O. The van der Waals surface area contributed by atoms with Crippen LogP contribution >= 0.6 is 46.4 Å². The van der Waals surface area contributed by atoms with Gasteiger partial charge in [0.15, 0.2) is 8.67 Å². The van der Waals surface area contributed by atoms with Gasteiger partial charge in [0.2, 0.25) is 0 Å². The van der Waals surface area contributed by atoms with Crippen molar-refractivity contribution >= 4 is 46.4 Å². The minimum atomic E-state index is -1.09. The van der Waals surface area contributed by atoms with E-state index in [1.165, 1.54) is 0 Å². The molecule has 0 bridgehead atoms. The van der Waals surface area contributed by atoms with E-state index in [4.69, 9.17) is 51.1 Å². The summed E-state index contributed by atoms with van der Waals surface area (Å²) in [6, 6.07) is 30.2. The first kappa shape index (κ1) is 19.5. The summed E-state index contributed by atoms with van der Waals surface area (Å²) in [6.45, 7) is 0. The molecule has 2 aliphatic carbocycles. The van der Waals surface area contributed by atoms with Crippen molar-refractivity contribution in [3.05, 3.63) is 108 Å². The van der Waals surface area contributed by atoms with E-state index >= 15 is 0 Å². The Hall–Kier alpha value is -1.22. The number of hydrogen-bond acceptors (Lipinski definition) is 1. The molecular weight excluding hydrogens is 458 g/mol. The molecule has 0 aromatic heterocycles. The Morgan fingerprint density at radius 3 is 1.30 bits per heavy atom. The first-order valence-electron chi connectivity index (χ1n) is 10.0. The van der Waals surface area contributed by atoms with Crippen LogP contribution in [0.3, 0.4) is 0 Å². The summed E-state index contributed by atoms with van der Waals surface area (Å²) in [6.07, 6.45) is 0. The predicted molar refractivity (Wildman–Crippen MR) is 122 cm³/mol. The van der Waals surface area contributed by atoms with Gasteiger partial charge in [-0.15, -0.1) is 0 Å². The van der Waals surface area contributed by atoms with Gasteiger partial charge in [0, 0.05) is 17.8 Å². The van der Waals surface area contributed by atoms with Crippen molar-refractivity contribution in [3.8, 4) is 0 Å². The zero-order valence-corrected chi connectivity index (χ0v) is 18.8. The maximum atomic E-state index is 7.03. The third kappa shape index (κ3) is 2.16. The topological polar surface area (TPSA) is 9.23 Å². The molecule has 1 heterocycles. The smallest absolute Gasteiger partial charge is 0.158 e. The fourth-order valence-corrected chi connectivity index (χ4v) is 7.77. The van der Waals surface area contributed by atoms with E-state index in [1.807, 2.05) is 78.9 Å². The van der Waals surface area contributed by atoms with Gasteiger partial charge in [-0.3, -0.25) is 0 Å². The Balaban J connectivity index is 1.61. The van der Waals surface area contributed by atoms with E-state index in [0.29, 0.717) is 0 Å². The van der Waals surface area contributed by atoms with Crippen molar-refractivity contribution in [2.75, 3.05) is 0 Å². The Kier molecular flexibility index (Phi) is 4.01. The molecule has 3 fully saturated rings. The molecule has 1 aliphatic heterocycles. The fraction of sp³-hybridized carbons (Fsp3) is 0.280. The maximum Gasteiger partial charge on any atom is 0.158 e. The summed E-state index contributed by atoms with van der Waals surface area (Å²) in [5.41, 5.74) is 1.24. The molecule has 0 N–H and O–H groups in total. The quantitative estimate of drug-likeness (QED) is 0.364. The van der Waals surface area contributed by atoms with Gasteiger partial charge in [-0.25, -0.2) is 0 Å². The number of hydrogen-bond donors (Lipinski definition) is 0. The number of benzene rings is 3. The van der Waals surface area contributed by atoms with E-state index in [1.54, 1.807) is 0 Å². The van der Waals surface area contributed by atoms with Gasteiger partial charge in [-0.2, -0.15) is 0 Å². The Morgan fingerprint density at radius 1 is 0.533 bits per heavy atom. The van der Waals surface area contributed by atoms with Crippen LogP contribution in [0.2, 0.25) is 0 Å². The first-order valence-corrected chi connectivity index (χ1v) is 11.5. The van der Waals surface area contributed by atoms with Gasteiger partial charge in [0.1, 0.15) is 11.2 Å². The van der Waals surface area contributed by atoms with Gasteiger partial charge in [-0.05, 0) is 16.7 Å². The largest absolute Gasteiger partial charge is 0.352 e. The lowest BCUT2D eigenvalue weighted by atomic mass is 9.82. The predicted octanol–water partition coefficient (Wildman–Crippen LogP) is 7.20. The first-order chi connectivity index (χ1) is 14.4. The monoisotopic (exact) mass is 474 g/mol. The molecule has 152 valence electrons. The van der Waals surface area contributed by atoms with Crippen molar-refractivity contribution in [1.29, 1.82) is 0 Å². The summed E-state index contributed by atoms with van der Waals surface area (Å²) in [7, 11) is 0. The SMILES string of the molecule is ClC1(Cl)[C@@H]2C(c3ccccc3)[C@@H]3C(Cl)(Cl)[C@@]3(c3ccccc3)O[C@]21c1ccccc1. The van der Waals surface area contributed by atoms with Crippen LogP contribution in [-0.4, -0.2) is 8.67 Å². The minimum Gasteiger partial charge on any atom is -0.352 e. The molecule has 3 aromatic rings. The summed E-state index contributed by atoms with van der Waals surface area (Å²) >= 11 is 28.1. The summed E-state index contributed by atoms with van der Waals surface area (Å²) in [4.78, 5) is 0. The van der Waals surface area contributed by atoms with Gasteiger partial charge in [0.05, 0.1) is 0 Å². The Labute approximate surface area is 195 Å². The molecule has 3 aromatic carbocycles. The molecule has 30 heavy (non-hydrogen) atoms. The van der Waals surface area contributed by atoms with E-state index in [-0.39, 0.29) is 17.8 Å². The highest BCUT2D eigenvalue weighted by Gasteiger charge is 2.95. The molecule has 5 heteroatoms. The molecule has 3 aliphatic rings. The number of alkyl halides is 4. The van der Waals surface area contributed by atoms with Gasteiger partial charge < -0.3 is 4.74 Å². The second-order valence-electron chi connectivity index (χ2n) is 8.44. The third-order valence-corrected chi connectivity index (χ3v) is 9.17. The average Bonchev–Trinajstić information content (AvgIpc) is 3.51. The van der Waals surface area contributed by atoms with Crippen LogP contribution in [0.4, 0.5) is 0 Å². The summed E-state index contributed by atoms with van der Waals surface area (Å²) < 4.78 is 4.76. The summed E-state index contributed by atoms with van der Waals surface area (Å²) in [5, 5.41) is 0. The van der Waals surface area contributed by atoms with E-state index in [2.05, 4.69) is 12.1 Å². The van der Waals surface area contributed by atoms with Crippen molar-refractivity contribution in [2.24, 2.45) is 11.8 Å².